The Morgan fingerprint density at radius 2 is 2.10 bits per heavy atom. The van der Waals surface area contributed by atoms with E-state index in [4.69, 9.17) is 39.9 Å². The molecule has 1 atom stereocenters. The van der Waals surface area contributed by atoms with Crippen LogP contribution in [0.2, 0.25) is 0 Å². The van der Waals surface area contributed by atoms with Gasteiger partial charge in [-0.25, -0.2) is 0 Å². The molecule has 1 aliphatic carbocycles. The highest BCUT2D eigenvalue weighted by molar-refractivity contribution is 6.62. The molecule has 0 spiro atoms. The maximum atomic E-state index is 10.7. The standard InChI is InChI=1S/C5H3Cl3O2/c6-2-1-3(9)5(7,8)4(2)10/h1,4,10H/t4-/m1/s1. The van der Waals surface area contributed by atoms with E-state index in [-0.39, 0.29) is 5.03 Å². The van der Waals surface area contributed by atoms with Crippen molar-refractivity contribution in [1.29, 1.82) is 0 Å². The minimum Gasteiger partial charge on any atom is -0.384 e. The zero-order valence-electron chi connectivity index (χ0n) is 4.64. The topological polar surface area (TPSA) is 37.3 Å². The molecule has 0 aromatic carbocycles. The van der Waals surface area contributed by atoms with Crippen LogP contribution in [-0.2, 0) is 4.79 Å². The van der Waals surface area contributed by atoms with Gasteiger partial charge in [0.2, 0.25) is 4.33 Å². The van der Waals surface area contributed by atoms with Crippen LogP contribution in [0.4, 0.5) is 0 Å². The van der Waals surface area contributed by atoms with E-state index in [0.717, 1.165) is 6.08 Å². The third-order valence-corrected chi connectivity index (χ3v) is 2.30. The molecule has 0 unspecified atom stereocenters. The summed E-state index contributed by atoms with van der Waals surface area (Å²) in [6.07, 6.45) is -0.267. The lowest BCUT2D eigenvalue weighted by Crippen LogP contribution is -2.32. The number of ketones is 1. The average molecular weight is 201 g/mol. The van der Waals surface area contributed by atoms with Crippen molar-refractivity contribution < 1.29 is 9.90 Å². The smallest absolute Gasteiger partial charge is 0.210 e. The van der Waals surface area contributed by atoms with Gasteiger partial charge >= 0.3 is 0 Å². The van der Waals surface area contributed by atoms with Gasteiger partial charge in [-0.15, -0.1) is 0 Å². The number of hydrogen-bond acceptors (Lipinski definition) is 2. The van der Waals surface area contributed by atoms with Crippen LogP contribution in [0.15, 0.2) is 11.1 Å². The van der Waals surface area contributed by atoms with Crippen molar-refractivity contribution in [2.24, 2.45) is 0 Å². The molecule has 0 aromatic heterocycles. The van der Waals surface area contributed by atoms with E-state index < -0.39 is 16.2 Å². The minimum atomic E-state index is -1.78. The fourth-order valence-corrected chi connectivity index (χ4v) is 1.33. The molecule has 0 amide bonds. The van der Waals surface area contributed by atoms with Crippen molar-refractivity contribution in [2.45, 2.75) is 10.4 Å². The first-order valence-corrected chi connectivity index (χ1v) is 3.57. The number of aliphatic hydroxyl groups excluding tert-OH is 1. The zero-order chi connectivity index (χ0) is 7.94. The van der Waals surface area contributed by atoms with Gasteiger partial charge in [0.25, 0.3) is 0 Å². The van der Waals surface area contributed by atoms with Gasteiger partial charge < -0.3 is 5.11 Å². The Hall–Kier alpha value is 0.240. The van der Waals surface area contributed by atoms with Gasteiger partial charge in [0, 0.05) is 6.08 Å². The maximum absolute atomic E-state index is 10.7. The molecule has 1 rings (SSSR count). The molecule has 1 aliphatic rings. The third kappa shape index (κ3) is 1.05. The van der Waals surface area contributed by atoms with Crippen LogP contribution in [0.5, 0.6) is 0 Å². The molecule has 10 heavy (non-hydrogen) atoms. The summed E-state index contributed by atoms with van der Waals surface area (Å²) in [5.74, 6) is -0.576. The number of halogens is 3. The molecule has 0 radical (unpaired) electrons. The summed E-state index contributed by atoms with van der Waals surface area (Å²) in [6.45, 7) is 0. The number of carbonyl (C=O) groups is 1. The number of rotatable bonds is 0. The highest BCUT2D eigenvalue weighted by Crippen LogP contribution is 2.37. The Kier molecular flexibility index (Phi) is 1.98. The number of alkyl halides is 2. The first-order valence-electron chi connectivity index (χ1n) is 2.43. The molecule has 0 aromatic rings. The summed E-state index contributed by atoms with van der Waals surface area (Å²) in [5.41, 5.74) is 0. The number of allylic oxidation sites excluding steroid dienone is 1. The lowest BCUT2D eigenvalue weighted by molar-refractivity contribution is -0.115. The second-order valence-corrected chi connectivity index (χ2v) is 3.74. The van der Waals surface area contributed by atoms with Crippen LogP contribution >= 0.6 is 34.8 Å². The molecule has 0 bridgehead atoms. The first kappa shape index (κ1) is 8.34. The lowest BCUT2D eigenvalue weighted by atomic mass is 10.3. The molecule has 0 saturated carbocycles. The van der Waals surface area contributed by atoms with E-state index >= 15 is 0 Å². The fourth-order valence-electron chi connectivity index (χ4n) is 0.608. The molecule has 5 heteroatoms. The molecule has 0 saturated heterocycles. The molecular formula is C5H3Cl3O2. The summed E-state index contributed by atoms with van der Waals surface area (Å²) in [6, 6.07) is 0. The summed E-state index contributed by atoms with van der Waals surface area (Å²) in [5, 5.41) is 8.99. The Balaban J connectivity index is 2.98. The van der Waals surface area contributed by atoms with Gasteiger partial charge in [-0.1, -0.05) is 34.8 Å². The van der Waals surface area contributed by atoms with Gasteiger partial charge in [0.1, 0.15) is 6.10 Å². The summed E-state index contributed by atoms with van der Waals surface area (Å²) in [4.78, 5) is 10.7. The fraction of sp³-hybridized carbons (Fsp3) is 0.400. The van der Waals surface area contributed by atoms with Crippen molar-refractivity contribution >= 4 is 40.6 Å². The van der Waals surface area contributed by atoms with Gasteiger partial charge in [0.05, 0.1) is 5.03 Å². The van der Waals surface area contributed by atoms with E-state index in [1.54, 1.807) is 0 Å². The largest absolute Gasteiger partial charge is 0.384 e. The normalized spacial score (nSPS) is 30.6. The molecule has 0 heterocycles. The van der Waals surface area contributed by atoms with Crippen LogP contribution in [0.25, 0.3) is 0 Å². The van der Waals surface area contributed by atoms with Crippen molar-refractivity contribution in [2.75, 3.05) is 0 Å². The van der Waals surface area contributed by atoms with Crippen LogP contribution in [-0.4, -0.2) is 21.3 Å². The van der Waals surface area contributed by atoms with Gasteiger partial charge in [-0.3, -0.25) is 4.79 Å². The molecular weight excluding hydrogens is 198 g/mol. The third-order valence-electron chi connectivity index (χ3n) is 1.20. The Morgan fingerprint density at radius 1 is 1.60 bits per heavy atom. The Bertz CT molecular complexity index is 209. The van der Waals surface area contributed by atoms with Crippen LogP contribution in [0, 0.1) is 0 Å². The summed E-state index contributed by atoms with van der Waals surface area (Å²) >= 11 is 16.1. The molecule has 1 N–H and O–H groups in total. The number of carbonyl (C=O) groups excluding carboxylic acids is 1. The highest BCUT2D eigenvalue weighted by Gasteiger charge is 2.47. The minimum absolute atomic E-state index is 0.0185. The number of hydrogen-bond donors (Lipinski definition) is 1. The molecule has 56 valence electrons. The van der Waals surface area contributed by atoms with E-state index in [0.29, 0.717) is 0 Å². The van der Waals surface area contributed by atoms with Gasteiger partial charge in [-0.2, -0.15) is 0 Å². The predicted molar refractivity (Wildman–Crippen MR) is 39.4 cm³/mol. The van der Waals surface area contributed by atoms with Crippen molar-refractivity contribution in [3.05, 3.63) is 11.1 Å². The van der Waals surface area contributed by atoms with Gasteiger partial charge in [0.15, 0.2) is 5.78 Å². The molecule has 0 aliphatic heterocycles. The van der Waals surface area contributed by atoms with E-state index in [1.807, 2.05) is 0 Å². The summed E-state index contributed by atoms with van der Waals surface area (Å²) in [7, 11) is 0. The quantitative estimate of drug-likeness (QED) is 0.599. The van der Waals surface area contributed by atoms with E-state index in [9.17, 15) is 4.79 Å². The Morgan fingerprint density at radius 3 is 2.20 bits per heavy atom. The Labute approximate surface area is 72.4 Å². The summed E-state index contributed by atoms with van der Waals surface area (Å²) < 4.78 is -1.78. The van der Waals surface area contributed by atoms with Gasteiger partial charge in [-0.05, 0) is 0 Å². The molecule has 2 nitrogen and oxygen atoms in total. The predicted octanol–water partition coefficient (Wildman–Crippen LogP) is 1.23. The van der Waals surface area contributed by atoms with E-state index in [2.05, 4.69) is 0 Å². The highest BCUT2D eigenvalue weighted by atomic mass is 35.5. The second kappa shape index (κ2) is 2.38. The average Bonchev–Trinajstić information content (AvgIpc) is 1.97. The van der Waals surface area contributed by atoms with E-state index in [1.165, 1.54) is 0 Å². The second-order valence-electron chi connectivity index (χ2n) is 1.92. The van der Waals surface area contributed by atoms with Crippen LogP contribution in [0.1, 0.15) is 0 Å². The van der Waals surface area contributed by atoms with Crippen molar-refractivity contribution in [1.82, 2.24) is 0 Å². The molecule has 0 fully saturated rings. The maximum Gasteiger partial charge on any atom is 0.210 e. The monoisotopic (exact) mass is 200 g/mol. The zero-order valence-corrected chi connectivity index (χ0v) is 6.91. The lowest BCUT2D eigenvalue weighted by Gasteiger charge is -2.14. The first-order chi connectivity index (χ1) is 4.46. The van der Waals surface area contributed by atoms with Crippen LogP contribution in [0.3, 0.4) is 0 Å². The van der Waals surface area contributed by atoms with Crippen LogP contribution < -0.4 is 0 Å². The van der Waals surface area contributed by atoms with Crippen molar-refractivity contribution in [3.63, 3.8) is 0 Å². The SMILES string of the molecule is O=C1C=C(Cl)[C@@H](O)C1(Cl)Cl. The van der Waals surface area contributed by atoms with Crippen molar-refractivity contribution in [3.8, 4) is 0 Å². The number of aliphatic hydroxyl groups is 1.